The number of aromatic nitrogens is 1. The van der Waals surface area contributed by atoms with E-state index in [4.69, 9.17) is 26.1 Å². The minimum Gasteiger partial charge on any atom is -0.493 e. The van der Waals surface area contributed by atoms with Crippen LogP contribution in [0.1, 0.15) is 26.3 Å². The van der Waals surface area contributed by atoms with E-state index >= 15 is 0 Å². The number of Topliss-reactive ketones (excluding diaryl/α,β-unsaturated/α-hetero) is 1. The molecule has 0 fully saturated rings. The second-order valence-corrected chi connectivity index (χ2v) is 8.17. The maximum absolute atomic E-state index is 13.2. The van der Waals surface area contributed by atoms with Gasteiger partial charge in [-0.25, -0.2) is 9.78 Å². The minimum atomic E-state index is -3.04. The first-order valence-electron chi connectivity index (χ1n) is 10.8. The Morgan fingerprint density at radius 3 is 2.50 bits per heavy atom. The van der Waals surface area contributed by atoms with Crippen molar-refractivity contribution in [2.75, 3.05) is 13.7 Å². The van der Waals surface area contributed by atoms with Gasteiger partial charge in [0.2, 0.25) is 0 Å². The molecule has 0 saturated carbocycles. The Kier molecular flexibility index (Phi) is 7.45. The molecular weight excluding hydrogens is 492 g/mol. The fraction of sp³-hybridized carbons (Fsp3) is 0.148. The van der Waals surface area contributed by atoms with Crippen molar-refractivity contribution in [1.29, 1.82) is 0 Å². The van der Waals surface area contributed by atoms with Crippen LogP contribution in [0.5, 0.6) is 11.5 Å². The topological polar surface area (TPSA) is 74.7 Å². The molecule has 0 saturated heterocycles. The molecule has 9 heteroatoms. The third kappa shape index (κ3) is 5.28. The number of alkyl halides is 2. The molecule has 3 aromatic carbocycles. The maximum atomic E-state index is 13.2. The van der Waals surface area contributed by atoms with Crippen LogP contribution in [-0.4, -0.2) is 37.1 Å². The SMILES string of the molecule is COc1cc(C(=O)COC(=O)c2c(C)c(-c3cccc(Cl)c3)nc3ccccc23)ccc1OC(F)F. The molecule has 0 aliphatic heterocycles. The van der Waals surface area contributed by atoms with Gasteiger partial charge < -0.3 is 14.2 Å². The number of carbonyl (C=O) groups excluding carboxylic acids is 2. The molecule has 0 bridgehead atoms. The predicted molar refractivity (Wildman–Crippen MR) is 131 cm³/mol. The van der Waals surface area contributed by atoms with Crippen molar-refractivity contribution < 1.29 is 32.6 Å². The zero-order valence-corrected chi connectivity index (χ0v) is 20.0. The van der Waals surface area contributed by atoms with E-state index < -0.39 is 25.0 Å². The second kappa shape index (κ2) is 10.7. The van der Waals surface area contributed by atoms with Gasteiger partial charge >= 0.3 is 12.6 Å². The minimum absolute atomic E-state index is 0.0467. The fourth-order valence-electron chi connectivity index (χ4n) is 3.81. The van der Waals surface area contributed by atoms with Crippen molar-refractivity contribution in [2.24, 2.45) is 0 Å². The molecule has 4 rings (SSSR count). The van der Waals surface area contributed by atoms with Crippen LogP contribution in [0.15, 0.2) is 66.7 Å². The van der Waals surface area contributed by atoms with Crippen LogP contribution in [0.4, 0.5) is 8.78 Å². The summed E-state index contributed by atoms with van der Waals surface area (Å²) in [5, 5.41) is 1.10. The molecular formula is C27H20ClF2NO5. The van der Waals surface area contributed by atoms with E-state index in [-0.39, 0.29) is 22.6 Å². The quantitative estimate of drug-likeness (QED) is 0.198. The van der Waals surface area contributed by atoms with E-state index in [2.05, 4.69) is 4.74 Å². The Hall–Kier alpha value is -4.04. The third-order valence-corrected chi connectivity index (χ3v) is 5.71. The standard InChI is InChI=1S/C27H20ClF2NO5/c1-15-24(19-8-3-4-9-20(19)31-25(15)17-6-5-7-18(28)12-17)26(33)35-14-21(32)16-10-11-22(36-27(29)30)23(13-16)34-2/h3-13,27H,14H2,1-2H3. The Balaban J connectivity index is 1.62. The molecule has 0 spiro atoms. The smallest absolute Gasteiger partial charge is 0.387 e. The van der Waals surface area contributed by atoms with Gasteiger partial charge in [0.05, 0.1) is 23.9 Å². The van der Waals surface area contributed by atoms with Gasteiger partial charge in [0.15, 0.2) is 23.9 Å². The normalized spacial score (nSPS) is 10.9. The van der Waals surface area contributed by atoms with Gasteiger partial charge in [-0.1, -0.05) is 41.9 Å². The zero-order valence-electron chi connectivity index (χ0n) is 19.3. The molecule has 1 aromatic heterocycles. The van der Waals surface area contributed by atoms with Gasteiger partial charge in [0.1, 0.15) is 0 Å². The van der Waals surface area contributed by atoms with E-state index in [1.165, 1.54) is 25.3 Å². The second-order valence-electron chi connectivity index (χ2n) is 7.73. The van der Waals surface area contributed by atoms with Crippen molar-refractivity contribution in [3.8, 4) is 22.8 Å². The van der Waals surface area contributed by atoms with Crippen molar-refractivity contribution >= 4 is 34.3 Å². The number of nitrogens with zero attached hydrogens (tertiary/aromatic N) is 1. The highest BCUT2D eigenvalue weighted by atomic mass is 35.5. The lowest BCUT2D eigenvalue weighted by Crippen LogP contribution is -2.16. The summed E-state index contributed by atoms with van der Waals surface area (Å²) in [5.41, 5.74) is 2.83. The maximum Gasteiger partial charge on any atom is 0.387 e. The molecule has 6 nitrogen and oxygen atoms in total. The lowest BCUT2D eigenvalue weighted by atomic mass is 9.98. The number of halogens is 3. The average molecular weight is 512 g/mol. The summed E-state index contributed by atoms with van der Waals surface area (Å²) < 4.78 is 39.9. The van der Waals surface area contributed by atoms with Gasteiger partial charge in [0, 0.05) is 21.5 Å². The highest BCUT2D eigenvalue weighted by Crippen LogP contribution is 2.32. The monoisotopic (exact) mass is 511 g/mol. The molecule has 0 amide bonds. The van der Waals surface area contributed by atoms with Gasteiger partial charge in [-0.3, -0.25) is 4.79 Å². The van der Waals surface area contributed by atoms with Crippen LogP contribution in [0, 0.1) is 6.92 Å². The summed E-state index contributed by atoms with van der Waals surface area (Å²) in [6.07, 6.45) is 0. The summed E-state index contributed by atoms with van der Waals surface area (Å²) in [7, 11) is 1.26. The number of ketones is 1. The fourth-order valence-corrected chi connectivity index (χ4v) is 4.00. The summed E-state index contributed by atoms with van der Waals surface area (Å²) in [5.74, 6) is -1.51. The first-order valence-corrected chi connectivity index (χ1v) is 11.1. The number of rotatable bonds is 8. The van der Waals surface area contributed by atoms with Crippen molar-refractivity contribution in [2.45, 2.75) is 13.5 Å². The summed E-state index contributed by atoms with van der Waals surface area (Å²) in [6.45, 7) is -1.86. The van der Waals surface area contributed by atoms with Crippen LogP contribution in [0.2, 0.25) is 5.02 Å². The lowest BCUT2D eigenvalue weighted by molar-refractivity contribution is -0.0512. The third-order valence-electron chi connectivity index (χ3n) is 5.47. The Morgan fingerprint density at radius 1 is 1.00 bits per heavy atom. The number of para-hydroxylation sites is 1. The van der Waals surface area contributed by atoms with Crippen LogP contribution in [0.3, 0.4) is 0 Å². The van der Waals surface area contributed by atoms with Crippen LogP contribution >= 0.6 is 11.6 Å². The van der Waals surface area contributed by atoms with Gasteiger partial charge in [-0.2, -0.15) is 8.78 Å². The number of pyridine rings is 1. The molecule has 1 heterocycles. The van der Waals surface area contributed by atoms with E-state index in [1.54, 1.807) is 49.4 Å². The Labute approximate surface area is 210 Å². The van der Waals surface area contributed by atoms with Crippen molar-refractivity contribution in [3.05, 3.63) is 88.4 Å². The molecule has 184 valence electrons. The summed E-state index contributed by atoms with van der Waals surface area (Å²) >= 11 is 6.16. The largest absolute Gasteiger partial charge is 0.493 e. The summed E-state index contributed by atoms with van der Waals surface area (Å²) in [6, 6.07) is 18.0. The van der Waals surface area contributed by atoms with Crippen LogP contribution in [-0.2, 0) is 4.74 Å². The number of esters is 1. The van der Waals surface area contributed by atoms with E-state index in [0.29, 0.717) is 27.2 Å². The zero-order chi connectivity index (χ0) is 25.8. The molecule has 0 atom stereocenters. The van der Waals surface area contributed by atoms with E-state index in [0.717, 1.165) is 5.56 Å². The predicted octanol–water partition coefficient (Wildman–Crippen LogP) is 6.51. The highest BCUT2D eigenvalue weighted by Gasteiger charge is 2.22. The van der Waals surface area contributed by atoms with Crippen LogP contribution in [0.25, 0.3) is 22.2 Å². The number of hydrogen-bond acceptors (Lipinski definition) is 6. The number of benzene rings is 3. The van der Waals surface area contributed by atoms with E-state index in [1.807, 2.05) is 6.07 Å². The number of carbonyl (C=O) groups is 2. The van der Waals surface area contributed by atoms with Gasteiger partial charge in [-0.15, -0.1) is 0 Å². The van der Waals surface area contributed by atoms with E-state index in [9.17, 15) is 18.4 Å². The number of hydrogen-bond donors (Lipinski definition) is 0. The first kappa shape index (κ1) is 25.1. The Morgan fingerprint density at radius 2 is 1.78 bits per heavy atom. The van der Waals surface area contributed by atoms with Crippen molar-refractivity contribution in [3.63, 3.8) is 0 Å². The number of fused-ring (bicyclic) bond motifs is 1. The van der Waals surface area contributed by atoms with Gasteiger partial charge in [-0.05, 0) is 48.9 Å². The molecule has 0 aliphatic rings. The molecule has 36 heavy (non-hydrogen) atoms. The molecule has 0 aliphatic carbocycles. The molecule has 4 aromatic rings. The number of ether oxygens (including phenoxy) is 3. The molecule has 0 N–H and O–H groups in total. The van der Waals surface area contributed by atoms with Gasteiger partial charge in [0.25, 0.3) is 0 Å². The van der Waals surface area contributed by atoms with Crippen LogP contribution < -0.4 is 9.47 Å². The molecule has 0 unspecified atom stereocenters. The Bertz CT molecular complexity index is 1460. The molecule has 0 radical (unpaired) electrons. The first-order chi connectivity index (χ1) is 17.3. The van der Waals surface area contributed by atoms with Crippen molar-refractivity contribution in [1.82, 2.24) is 4.98 Å². The average Bonchev–Trinajstić information content (AvgIpc) is 2.86. The lowest BCUT2D eigenvalue weighted by Gasteiger charge is -2.14. The number of methoxy groups -OCH3 is 1. The summed E-state index contributed by atoms with van der Waals surface area (Å²) in [4.78, 5) is 30.6. The highest BCUT2D eigenvalue weighted by molar-refractivity contribution is 6.30.